The highest BCUT2D eigenvalue weighted by molar-refractivity contribution is 7.89. The van der Waals surface area contributed by atoms with E-state index in [-0.39, 0.29) is 28.4 Å². The summed E-state index contributed by atoms with van der Waals surface area (Å²) in [5, 5.41) is 14.8. The molecule has 0 saturated heterocycles. The zero-order valence-electron chi connectivity index (χ0n) is 16.3. The normalized spacial score (nSPS) is 11.2. The van der Waals surface area contributed by atoms with Crippen LogP contribution in [0.5, 0.6) is 11.5 Å². The van der Waals surface area contributed by atoms with Crippen LogP contribution in [-0.2, 0) is 14.8 Å². The molecule has 0 radical (unpaired) electrons. The van der Waals surface area contributed by atoms with Gasteiger partial charge in [0, 0.05) is 14.1 Å². The predicted octanol–water partition coefficient (Wildman–Crippen LogP) is 1.41. The van der Waals surface area contributed by atoms with Gasteiger partial charge in [-0.05, 0) is 37.3 Å². The van der Waals surface area contributed by atoms with E-state index in [9.17, 15) is 23.1 Å². The number of hydrogen-bond donors (Lipinski definition) is 3. The van der Waals surface area contributed by atoms with Crippen LogP contribution in [0.3, 0.4) is 0 Å². The van der Waals surface area contributed by atoms with Gasteiger partial charge < -0.3 is 20.5 Å². The molecule has 2 aromatic carbocycles. The lowest BCUT2D eigenvalue weighted by Gasteiger charge is -2.14. The van der Waals surface area contributed by atoms with Gasteiger partial charge in [-0.3, -0.25) is 9.59 Å². The standard InChI is InChI=1S/C19H23N3O6S/c1-4-28-17-8-6-5-7-14(17)19(25)20-12-18(24)21-15-11-13(9-10-16(15)23)29(26,27)22(2)3/h5-11,23H,4,12H2,1-3H3,(H,20,25)(H,21,24). The Labute approximate surface area is 169 Å². The van der Waals surface area contributed by atoms with Gasteiger partial charge in [-0.25, -0.2) is 12.7 Å². The number of para-hydroxylation sites is 1. The fourth-order valence-corrected chi connectivity index (χ4v) is 3.30. The average molecular weight is 421 g/mol. The molecule has 10 heteroatoms. The molecule has 2 amide bonds. The summed E-state index contributed by atoms with van der Waals surface area (Å²) in [5.41, 5.74) is 0.200. The molecule has 0 aliphatic heterocycles. The number of anilines is 1. The summed E-state index contributed by atoms with van der Waals surface area (Å²) in [5.74, 6) is -1.05. The minimum Gasteiger partial charge on any atom is -0.506 e. The number of carbonyl (C=O) groups excluding carboxylic acids is 2. The molecule has 0 saturated carbocycles. The van der Waals surface area contributed by atoms with Crippen LogP contribution in [-0.4, -0.2) is 56.9 Å². The lowest BCUT2D eigenvalue weighted by Crippen LogP contribution is -2.33. The topological polar surface area (TPSA) is 125 Å². The molecule has 0 aliphatic rings. The van der Waals surface area contributed by atoms with Crippen LogP contribution in [0.2, 0.25) is 0 Å². The number of rotatable bonds is 8. The van der Waals surface area contributed by atoms with Crippen molar-refractivity contribution in [2.24, 2.45) is 0 Å². The molecular formula is C19H23N3O6S. The monoisotopic (exact) mass is 421 g/mol. The Balaban J connectivity index is 2.07. The second kappa shape index (κ2) is 9.39. The number of phenols is 1. The maximum absolute atomic E-state index is 12.3. The number of carbonyl (C=O) groups is 2. The van der Waals surface area contributed by atoms with Crippen LogP contribution in [0.1, 0.15) is 17.3 Å². The molecule has 0 unspecified atom stereocenters. The van der Waals surface area contributed by atoms with E-state index in [4.69, 9.17) is 4.74 Å². The maximum atomic E-state index is 12.3. The summed E-state index contributed by atoms with van der Waals surface area (Å²) in [7, 11) is -0.994. The SMILES string of the molecule is CCOc1ccccc1C(=O)NCC(=O)Nc1cc(S(=O)(=O)N(C)C)ccc1O. The van der Waals surface area contributed by atoms with Crippen LogP contribution < -0.4 is 15.4 Å². The molecule has 0 aromatic heterocycles. The fraction of sp³-hybridized carbons (Fsp3) is 0.263. The molecule has 9 nitrogen and oxygen atoms in total. The van der Waals surface area contributed by atoms with Crippen molar-refractivity contribution in [1.82, 2.24) is 9.62 Å². The van der Waals surface area contributed by atoms with Crippen molar-refractivity contribution in [3.8, 4) is 11.5 Å². The van der Waals surface area contributed by atoms with Gasteiger partial charge in [-0.15, -0.1) is 0 Å². The molecule has 0 fully saturated rings. The number of ether oxygens (including phenoxy) is 1. The summed E-state index contributed by atoms with van der Waals surface area (Å²) in [6.45, 7) is 1.79. The Bertz CT molecular complexity index is 1000. The van der Waals surface area contributed by atoms with Crippen molar-refractivity contribution >= 4 is 27.5 Å². The first-order chi connectivity index (χ1) is 13.7. The van der Waals surface area contributed by atoms with E-state index >= 15 is 0 Å². The van der Waals surface area contributed by atoms with Crippen LogP contribution in [0.15, 0.2) is 47.4 Å². The van der Waals surface area contributed by atoms with Crippen LogP contribution >= 0.6 is 0 Å². The summed E-state index contributed by atoms with van der Waals surface area (Å²) in [6, 6.07) is 10.2. The van der Waals surface area contributed by atoms with Crippen molar-refractivity contribution in [2.75, 3.05) is 32.6 Å². The summed E-state index contributed by atoms with van der Waals surface area (Å²) < 4.78 is 30.8. The quantitative estimate of drug-likeness (QED) is 0.554. The molecule has 29 heavy (non-hydrogen) atoms. The largest absolute Gasteiger partial charge is 0.506 e. The highest BCUT2D eigenvalue weighted by atomic mass is 32.2. The highest BCUT2D eigenvalue weighted by Crippen LogP contribution is 2.27. The van der Waals surface area contributed by atoms with Crippen molar-refractivity contribution < 1.29 is 27.9 Å². The van der Waals surface area contributed by atoms with Gasteiger partial charge >= 0.3 is 0 Å². The number of amides is 2. The number of sulfonamides is 1. The third-order valence-corrected chi connectivity index (χ3v) is 5.67. The van der Waals surface area contributed by atoms with Gasteiger partial charge in [0.15, 0.2) is 0 Å². The van der Waals surface area contributed by atoms with E-state index in [2.05, 4.69) is 10.6 Å². The van der Waals surface area contributed by atoms with E-state index in [0.29, 0.717) is 12.4 Å². The van der Waals surface area contributed by atoms with Crippen LogP contribution in [0.25, 0.3) is 0 Å². The van der Waals surface area contributed by atoms with E-state index in [0.717, 1.165) is 10.4 Å². The Kier molecular flexibility index (Phi) is 7.18. The molecule has 0 heterocycles. The fourth-order valence-electron chi connectivity index (χ4n) is 2.37. The Morgan fingerprint density at radius 2 is 1.83 bits per heavy atom. The first-order valence-electron chi connectivity index (χ1n) is 8.72. The highest BCUT2D eigenvalue weighted by Gasteiger charge is 2.20. The summed E-state index contributed by atoms with van der Waals surface area (Å²) >= 11 is 0. The van der Waals surface area contributed by atoms with Gasteiger partial charge in [0.1, 0.15) is 11.5 Å². The number of hydrogen-bond acceptors (Lipinski definition) is 6. The van der Waals surface area contributed by atoms with Gasteiger partial charge in [0.25, 0.3) is 5.91 Å². The Morgan fingerprint density at radius 3 is 2.48 bits per heavy atom. The van der Waals surface area contributed by atoms with Crippen LogP contribution in [0, 0.1) is 0 Å². The lowest BCUT2D eigenvalue weighted by atomic mass is 10.2. The zero-order valence-corrected chi connectivity index (χ0v) is 17.1. The average Bonchev–Trinajstić information content (AvgIpc) is 2.68. The maximum Gasteiger partial charge on any atom is 0.255 e. The number of nitrogens with one attached hydrogen (secondary N) is 2. The summed E-state index contributed by atoms with van der Waals surface area (Å²) in [6.07, 6.45) is 0. The number of nitrogens with zero attached hydrogens (tertiary/aromatic N) is 1. The molecule has 2 aromatic rings. The minimum atomic E-state index is -3.74. The van der Waals surface area contributed by atoms with Crippen molar-refractivity contribution in [3.63, 3.8) is 0 Å². The van der Waals surface area contributed by atoms with Crippen molar-refractivity contribution in [3.05, 3.63) is 48.0 Å². The van der Waals surface area contributed by atoms with Gasteiger partial charge in [0.05, 0.1) is 29.3 Å². The number of aromatic hydroxyl groups is 1. The zero-order chi connectivity index (χ0) is 21.6. The smallest absolute Gasteiger partial charge is 0.255 e. The second-order valence-corrected chi connectivity index (χ2v) is 8.28. The number of benzene rings is 2. The Hall–Kier alpha value is -3.11. The lowest BCUT2D eigenvalue weighted by molar-refractivity contribution is -0.115. The molecule has 2 rings (SSSR count). The van der Waals surface area contributed by atoms with E-state index < -0.39 is 21.8 Å². The second-order valence-electron chi connectivity index (χ2n) is 6.13. The molecule has 0 spiro atoms. The van der Waals surface area contributed by atoms with Crippen LogP contribution in [0.4, 0.5) is 5.69 Å². The molecule has 0 bridgehead atoms. The van der Waals surface area contributed by atoms with Gasteiger partial charge in [0.2, 0.25) is 15.9 Å². The van der Waals surface area contributed by atoms with Crippen molar-refractivity contribution in [1.29, 1.82) is 0 Å². The molecule has 0 atom stereocenters. The summed E-state index contributed by atoms with van der Waals surface area (Å²) in [4.78, 5) is 24.4. The van der Waals surface area contributed by atoms with E-state index in [1.165, 1.54) is 26.2 Å². The minimum absolute atomic E-state index is 0.0816. The van der Waals surface area contributed by atoms with Crippen molar-refractivity contribution in [2.45, 2.75) is 11.8 Å². The number of phenolic OH excluding ortho intramolecular Hbond substituents is 1. The third kappa shape index (κ3) is 5.46. The Morgan fingerprint density at radius 1 is 1.14 bits per heavy atom. The first-order valence-corrected chi connectivity index (χ1v) is 10.2. The van der Waals surface area contributed by atoms with Gasteiger partial charge in [-0.1, -0.05) is 12.1 Å². The van der Waals surface area contributed by atoms with Gasteiger partial charge in [-0.2, -0.15) is 0 Å². The molecule has 3 N–H and O–H groups in total. The molecule has 0 aliphatic carbocycles. The van der Waals surface area contributed by atoms with E-state index in [1.807, 2.05) is 0 Å². The molecule has 156 valence electrons. The molecular weight excluding hydrogens is 398 g/mol. The predicted molar refractivity (Wildman–Crippen MR) is 108 cm³/mol. The first kappa shape index (κ1) is 22.2. The third-order valence-electron chi connectivity index (χ3n) is 3.86. The van der Waals surface area contributed by atoms with E-state index in [1.54, 1.807) is 31.2 Å².